The van der Waals surface area contributed by atoms with E-state index < -0.39 is 0 Å². The number of aromatic hydroxyl groups is 1. The zero-order chi connectivity index (χ0) is 18.8. The van der Waals surface area contributed by atoms with E-state index in [1.54, 1.807) is 18.3 Å². The Bertz CT molecular complexity index is 1080. The van der Waals surface area contributed by atoms with Gasteiger partial charge in [0.25, 0.3) is 0 Å². The molecule has 0 bridgehead atoms. The van der Waals surface area contributed by atoms with Crippen LogP contribution in [0.25, 0.3) is 28.5 Å². The van der Waals surface area contributed by atoms with Gasteiger partial charge in [0.05, 0.1) is 7.11 Å². The van der Waals surface area contributed by atoms with Crippen LogP contribution in [0.5, 0.6) is 11.5 Å². The summed E-state index contributed by atoms with van der Waals surface area (Å²) >= 11 is 0. The second-order valence-electron chi connectivity index (χ2n) is 6.02. The maximum Gasteiger partial charge on any atom is 0.181 e. The van der Waals surface area contributed by atoms with Crippen LogP contribution in [0.4, 0.5) is 0 Å². The number of H-pyrrole nitrogens is 1. The Hall–Kier alpha value is -3.61. The van der Waals surface area contributed by atoms with Gasteiger partial charge in [-0.1, -0.05) is 19.1 Å². The maximum atomic E-state index is 10.1. The van der Waals surface area contributed by atoms with Gasteiger partial charge in [-0.3, -0.25) is 9.67 Å². The summed E-state index contributed by atoms with van der Waals surface area (Å²) in [5.74, 6) is 2.74. The van der Waals surface area contributed by atoms with Crippen molar-refractivity contribution in [2.45, 2.75) is 13.3 Å². The predicted octanol–water partition coefficient (Wildman–Crippen LogP) is 3.60. The van der Waals surface area contributed by atoms with Crippen molar-refractivity contribution in [3.8, 4) is 40.0 Å². The van der Waals surface area contributed by atoms with Crippen LogP contribution in [0.1, 0.15) is 12.7 Å². The third kappa shape index (κ3) is 3.15. The molecule has 0 radical (unpaired) electrons. The fourth-order valence-corrected chi connectivity index (χ4v) is 2.93. The molecule has 0 saturated carbocycles. The molecule has 4 rings (SSSR count). The summed E-state index contributed by atoms with van der Waals surface area (Å²) < 4.78 is 7.07. The summed E-state index contributed by atoms with van der Waals surface area (Å²) in [6.45, 7) is 2.03. The van der Waals surface area contributed by atoms with Gasteiger partial charge in [0, 0.05) is 35.6 Å². The number of nitrogens with one attached hydrogen (secondary N) is 1. The first kappa shape index (κ1) is 16.8. The normalized spacial score (nSPS) is 10.9. The Balaban J connectivity index is 1.74. The standard InChI is InChI=1S/C20H19N5O2/c1-3-18-22-19(24-23-18)13-5-4-6-15(11-13)25-10-9-21-20(25)14-7-8-17(27-2)16(26)12-14/h4-12,26H,3H2,1-2H3,(H,22,23,24). The number of hydrogen-bond donors (Lipinski definition) is 2. The smallest absolute Gasteiger partial charge is 0.181 e. The van der Waals surface area contributed by atoms with Gasteiger partial charge in [0.1, 0.15) is 11.6 Å². The minimum Gasteiger partial charge on any atom is -0.504 e. The molecular formula is C20H19N5O2. The van der Waals surface area contributed by atoms with E-state index in [-0.39, 0.29) is 5.75 Å². The molecule has 2 N–H and O–H groups in total. The average Bonchev–Trinajstić information content (AvgIpc) is 3.37. The fraction of sp³-hybridized carbons (Fsp3) is 0.150. The Morgan fingerprint density at radius 2 is 2.04 bits per heavy atom. The number of aromatic amines is 1. The van der Waals surface area contributed by atoms with Gasteiger partial charge in [-0.05, 0) is 30.3 Å². The Kier molecular flexibility index (Phi) is 4.33. The molecule has 0 saturated heterocycles. The zero-order valence-corrected chi connectivity index (χ0v) is 15.0. The van der Waals surface area contributed by atoms with Crippen LogP contribution in [0.3, 0.4) is 0 Å². The topological polar surface area (TPSA) is 88.8 Å². The van der Waals surface area contributed by atoms with Gasteiger partial charge < -0.3 is 9.84 Å². The van der Waals surface area contributed by atoms with Crippen LogP contribution in [0.15, 0.2) is 54.9 Å². The summed E-state index contributed by atoms with van der Waals surface area (Å²) in [5.41, 5.74) is 2.63. The number of phenolic OH excluding ortho intramolecular Hbond substituents is 1. The van der Waals surface area contributed by atoms with Gasteiger partial charge in [0.15, 0.2) is 17.3 Å². The van der Waals surface area contributed by atoms with E-state index in [9.17, 15) is 5.11 Å². The second kappa shape index (κ2) is 6.95. The van der Waals surface area contributed by atoms with Gasteiger partial charge in [-0.25, -0.2) is 9.97 Å². The van der Waals surface area contributed by atoms with Gasteiger partial charge in [-0.2, -0.15) is 5.10 Å². The van der Waals surface area contributed by atoms with Crippen LogP contribution in [-0.2, 0) is 6.42 Å². The molecule has 0 amide bonds. The minimum absolute atomic E-state index is 0.0751. The number of methoxy groups -OCH3 is 1. The highest BCUT2D eigenvalue weighted by molar-refractivity contribution is 5.65. The highest BCUT2D eigenvalue weighted by atomic mass is 16.5. The lowest BCUT2D eigenvalue weighted by Crippen LogP contribution is -1.97. The summed E-state index contributed by atoms with van der Waals surface area (Å²) in [4.78, 5) is 8.95. The molecule has 27 heavy (non-hydrogen) atoms. The molecule has 0 unspecified atom stereocenters. The molecule has 0 spiro atoms. The first-order valence-corrected chi connectivity index (χ1v) is 8.62. The first-order chi connectivity index (χ1) is 13.2. The predicted molar refractivity (Wildman–Crippen MR) is 102 cm³/mol. The lowest BCUT2D eigenvalue weighted by molar-refractivity contribution is 0.373. The Morgan fingerprint density at radius 3 is 2.78 bits per heavy atom. The van der Waals surface area contributed by atoms with Crippen LogP contribution in [0.2, 0.25) is 0 Å². The van der Waals surface area contributed by atoms with Crippen LogP contribution >= 0.6 is 0 Å². The van der Waals surface area contributed by atoms with Gasteiger partial charge >= 0.3 is 0 Å². The number of aromatic nitrogens is 5. The van der Waals surface area contributed by atoms with Crippen molar-refractivity contribution >= 4 is 0 Å². The van der Waals surface area contributed by atoms with E-state index in [4.69, 9.17) is 4.74 Å². The third-order valence-electron chi connectivity index (χ3n) is 4.33. The van der Waals surface area contributed by atoms with Crippen LogP contribution < -0.4 is 4.74 Å². The van der Waals surface area contributed by atoms with Crippen molar-refractivity contribution in [2.24, 2.45) is 0 Å². The number of nitrogens with zero attached hydrogens (tertiary/aromatic N) is 4. The molecule has 0 fully saturated rings. The van der Waals surface area contributed by atoms with Crippen molar-refractivity contribution in [1.29, 1.82) is 0 Å². The molecule has 2 heterocycles. The fourth-order valence-electron chi connectivity index (χ4n) is 2.93. The van der Waals surface area contributed by atoms with E-state index in [0.29, 0.717) is 17.4 Å². The largest absolute Gasteiger partial charge is 0.504 e. The van der Waals surface area contributed by atoms with Gasteiger partial charge in [-0.15, -0.1) is 0 Å². The monoisotopic (exact) mass is 361 g/mol. The quantitative estimate of drug-likeness (QED) is 0.567. The molecule has 2 aromatic heterocycles. The van der Waals surface area contributed by atoms with E-state index in [1.165, 1.54) is 7.11 Å². The summed E-state index contributed by atoms with van der Waals surface area (Å²) in [6.07, 6.45) is 4.41. The SMILES string of the molecule is CCc1nc(-c2cccc(-n3ccnc3-c3ccc(OC)c(O)c3)c2)n[nH]1. The number of imidazole rings is 1. The molecule has 136 valence electrons. The Morgan fingerprint density at radius 1 is 1.15 bits per heavy atom. The van der Waals surface area contributed by atoms with E-state index in [0.717, 1.165) is 29.1 Å². The van der Waals surface area contributed by atoms with Crippen molar-refractivity contribution in [1.82, 2.24) is 24.7 Å². The van der Waals surface area contributed by atoms with Crippen LogP contribution in [-0.4, -0.2) is 36.9 Å². The van der Waals surface area contributed by atoms with E-state index in [1.807, 2.05) is 48.0 Å². The molecule has 4 aromatic rings. The molecule has 7 nitrogen and oxygen atoms in total. The van der Waals surface area contributed by atoms with Crippen molar-refractivity contribution < 1.29 is 9.84 Å². The molecule has 0 atom stereocenters. The lowest BCUT2D eigenvalue weighted by atomic mass is 10.1. The van der Waals surface area contributed by atoms with Crippen molar-refractivity contribution in [2.75, 3.05) is 7.11 Å². The number of hydrogen-bond acceptors (Lipinski definition) is 5. The summed E-state index contributed by atoms with van der Waals surface area (Å²) in [7, 11) is 1.52. The average molecular weight is 361 g/mol. The van der Waals surface area contributed by atoms with Crippen molar-refractivity contribution in [3.63, 3.8) is 0 Å². The van der Waals surface area contributed by atoms with E-state index in [2.05, 4.69) is 20.2 Å². The summed E-state index contributed by atoms with van der Waals surface area (Å²) in [6, 6.07) is 13.2. The van der Waals surface area contributed by atoms with Gasteiger partial charge in [0.2, 0.25) is 0 Å². The third-order valence-corrected chi connectivity index (χ3v) is 4.33. The van der Waals surface area contributed by atoms with Crippen molar-refractivity contribution in [3.05, 3.63) is 60.7 Å². The number of benzene rings is 2. The number of aryl methyl sites for hydroxylation is 1. The Labute approximate surface area is 156 Å². The van der Waals surface area contributed by atoms with E-state index >= 15 is 0 Å². The minimum atomic E-state index is 0.0751. The second-order valence-corrected chi connectivity index (χ2v) is 6.02. The number of rotatable bonds is 5. The number of phenols is 1. The van der Waals surface area contributed by atoms with Crippen LogP contribution in [0, 0.1) is 0 Å². The highest BCUT2D eigenvalue weighted by Gasteiger charge is 2.12. The lowest BCUT2D eigenvalue weighted by Gasteiger charge is -2.10. The molecule has 0 aliphatic rings. The zero-order valence-electron chi connectivity index (χ0n) is 15.0. The molecule has 7 heteroatoms. The summed E-state index contributed by atoms with van der Waals surface area (Å²) in [5, 5.41) is 17.3. The molecular weight excluding hydrogens is 342 g/mol. The molecule has 0 aliphatic heterocycles. The molecule has 0 aliphatic carbocycles. The highest BCUT2D eigenvalue weighted by Crippen LogP contribution is 2.32. The first-order valence-electron chi connectivity index (χ1n) is 8.62. The number of ether oxygens (including phenoxy) is 1. The molecule has 2 aromatic carbocycles. The maximum absolute atomic E-state index is 10.1.